The van der Waals surface area contributed by atoms with Gasteiger partial charge in [-0.1, -0.05) is 24.3 Å². The summed E-state index contributed by atoms with van der Waals surface area (Å²) in [7, 11) is 0. The number of nitrogens with one attached hydrogen (secondary N) is 3. The number of hydrogen-bond donors (Lipinski definition) is 3. The molecule has 0 radical (unpaired) electrons. The zero-order valence-corrected chi connectivity index (χ0v) is 16.5. The molecule has 3 N–H and O–H groups in total. The summed E-state index contributed by atoms with van der Waals surface area (Å²) in [4.78, 5) is 39.7. The number of rotatable bonds is 6. The first-order valence-corrected chi connectivity index (χ1v) is 9.75. The van der Waals surface area contributed by atoms with Crippen LogP contribution in [0.4, 0.5) is 4.79 Å². The van der Waals surface area contributed by atoms with Crippen molar-refractivity contribution in [2.75, 3.05) is 13.2 Å². The van der Waals surface area contributed by atoms with Crippen LogP contribution in [0.15, 0.2) is 46.3 Å². The Balaban J connectivity index is 1.44. The Hall–Kier alpha value is -2.65. The largest absolute Gasteiger partial charge is 0.451 e. The van der Waals surface area contributed by atoms with Crippen LogP contribution in [0.2, 0.25) is 0 Å². The summed E-state index contributed by atoms with van der Waals surface area (Å²) in [5.74, 6) is -1.39. The molecule has 9 heteroatoms. The van der Waals surface area contributed by atoms with E-state index in [4.69, 9.17) is 4.74 Å². The van der Waals surface area contributed by atoms with E-state index in [2.05, 4.69) is 31.5 Å². The van der Waals surface area contributed by atoms with E-state index >= 15 is 0 Å². The van der Waals surface area contributed by atoms with Gasteiger partial charge in [0.25, 0.3) is 5.91 Å². The fourth-order valence-corrected chi connectivity index (χ4v) is 3.73. The molecule has 0 saturated heterocycles. The Bertz CT molecular complexity index is 968. The number of aromatic nitrogens is 1. The quantitative estimate of drug-likeness (QED) is 0.502. The van der Waals surface area contributed by atoms with Crippen molar-refractivity contribution in [3.05, 3.63) is 56.8 Å². The number of fused-ring (bicyclic) bond motifs is 1. The molecule has 3 amide bonds. The predicted octanol–water partition coefficient (Wildman–Crippen LogP) is 3.22. The second-order valence-electron chi connectivity index (χ2n) is 5.57. The molecule has 0 unspecified atom stereocenters. The molecule has 27 heavy (non-hydrogen) atoms. The third kappa shape index (κ3) is 4.95. The van der Waals surface area contributed by atoms with Gasteiger partial charge in [0.2, 0.25) is 0 Å². The number of imide groups is 1. The van der Waals surface area contributed by atoms with Crippen molar-refractivity contribution in [1.82, 2.24) is 15.6 Å². The number of para-hydroxylation sites is 1. The van der Waals surface area contributed by atoms with Crippen molar-refractivity contribution < 1.29 is 19.1 Å². The Labute approximate surface area is 167 Å². The zero-order valence-electron chi connectivity index (χ0n) is 14.1. The van der Waals surface area contributed by atoms with Crippen LogP contribution in [-0.2, 0) is 16.0 Å². The lowest BCUT2D eigenvalue weighted by Gasteiger charge is -2.07. The lowest BCUT2D eigenvalue weighted by Crippen LogP contribution is -2.42. The minimum Gasteiger partial charge on any atom is -0.451 e. The standard InChI is InChI=1S/C18H16BrN3O4S/c19-15-12-5-1-2-6-13(12)21-16(15)17(24)26-10-14(23)22-18(25)20-8-7-11-4-3-9-27-11/h1-6,9,21H,7-8,10H2,(H2,20,22,23,25). The predicted molar refractivity (Wildman–Crippen MR) is 106 cm³/mol. The van der Waals surface area contributed by atoms with Crippen molar-refractivity contribution in [3.8, 4) is 0 Å². The fourth-order valence-electron chi connectivity index (χ4n) is 2.41. The highest BCUT2D eigenvalue weighted by Gasteiger charge is 2.18. The van der Waals surface area contributed by atoms with E-state index < -0.39 is 24.5 Å². The number of aromatic amines is 1. The lowest BCUT2D eigenvalue weighted by molar-refractivity contribution is -0.123. The molecular formula is C18H16BrN3O4S. The topological polar surface area (TPSA) is 100 Å². The normalized spacial score (nSPS) is 10.6. The number of urea groups is 1. The van der Waals surface area contributed by atoms with E-state index in [1.165, 1.54) is 0 Å². The highest BCUT2D eigenvalue weighted by molar-refractivity contribution is 9.10. The number of benzene rings is 1. The number of amides is 3. The Morgan fingerprint density at radius 2 is 1.96 bits per heavy atom. The SMILES string of the molecule is O=C(COC(=O)c1[nH]c2ccccc2c1Br)NC(=O)NCCc1cccs1. The Morgan fingerprint density at radius 3 is 2.70 bits per heavy atom. The van der Waals surface area contributed by atoms with Crippen molar-refractivity contribution in [2.24, 2.45) is 0 Å². The van der Waals surface area contributed by atoms with Crippen LogP contribution < -0.4 is 10.6 Å². The number of esters is 1. The van der Waals surface area contributed by atoms with Crippen LogP contribution in [-0.4, -0.2) is 36.0 Å². The van der Waals surface area contributed by atoms with Gasteiger partial charge in [-0.3, -0.25) is 10.1 Å². The summed E-state index contributed by atoms with van der Waals surface area (Å²) in [6.07, 6.45) is 0.683. The number of H-pyrrole nitrogens is 1. The van der Waals surface area contributed by atoms with Gasteiger partial charge < -0.3 is 15.0 Å². The minimum atomic E-state index is -0.704. The Kier molecular flexibility index (Phi) is 6.25. The van der Waals surface area contributed by atoms with Crippen LogP contribution >= 0.6 is 27.3 Å². The zero-order chi connectivity index (χ0) is 19.2. The maximum absolute atomic E-state index is 12.2. The summed E-state index contributed by atoms with van der Waals surface area (Å²) in [5, 5.41) is 7.49. The highest BCUT2D eigenvalue weighted by atomic mass is 79.9. The van der Waals surface area contributed by atoms with Crippen molar-refractivity contribution in [2.45, 2.75) is 6.42 Å². The van der Waals surface area contributed by atoms with Gasteiger partial charge in [0, 0.05) is 22.3 Å². The molecule has 0 spiro atoms. The van der Waals surface area contributed by atoms with Gasteiger partial charge in [-0.05, 0) is 39.9 Å². The molecule has 1 aromatic carbocycles. The first-order valence-electron chi connectivity index (χ1n) is 8.08. The van der Waals surface area contributed by atoms with Crippen molar-refractivity contribution in [1.29, 1.82) is 0 Å². The summed E-state index contributed by atoms with van der Waals surface area (Å²) in [6, 6.07) is 10.6. The average Bonchev–Trinajstić information content (AvgIpc) is 3.28. The summed E-state index contributed by atoms with van der Waals surface area (Å²) in [5.41, 5.74) is 0.982. The van der Waals surface area contributed by atoms with Crippen LogP contribution in [0.3, 0.4) is 0 Å². The van der Waals surface area contributed by atoms with Crippen molar-refractivity contribution in [3.63, 3.8) is 0 Å². The van der Waals surface area contributed by atoms with E-state index in [9.17, 15) is 14.4 Å². The van der Waals surface area contributed by atoms with Gasteiger partial charge in [-0.15, -0.1) is 11.3 Å². The molecule has 2 heterocycles. The number of thiophene rings is 1. The molecule has 140 valence electrons. The number of carbonyl (C=O) groups is 3. The molecule has 0 aliphatic heterocycles. The van der Waals surface area contributed by atoms with Gasteiger partial charge in [0.1, 0.15) is 5.69 Å². The van der Waals surface area contributed by atoms with Crippen LogP contribution in [0, 0.1) is 0 Å². The maximum atomic E-state index is 12.2. The third-order valence-electron chi connectivity index (χ3n) is 3.67. The van der Waals surface area contributed by atoms with Gasteiger partial charge in [0.15, 0.2) is 6.61 Å². The smallest absolute Gasteiger partial charge is 0.356 e. The Morgan fingerprint density at radius 1 is 1.15 bits per heavy atom. The number of hydrogen-bond acceptors (Lipinski definition) is 5. The molecule has 0 aliphatic carbocycles. The van der Waals surface area contributed by atoms with E-state index in [-0.39, 0.29) is 5.69 Å². The third-order valence-corrected chi connectivity index (χ3v) is 5.43. The van der Waals surface area contributed by atoms with Crippen LogP contribution in [0.1, 0.15) is 15.4 Å². The van der Waals surface area contributed by atoms with Crippen molar-refractivity contribution >= 4 is 56.1 Å². The number of ether oxygens (including phenoxy) is 1. The second-order valence-corrected chi connectivity index (χ2v) is 7.39. The molecule has 0 bridgehead atoms. The van der Waals surface area contributed by atoms with Gasteiger partial charge in [0.05, 0.1) is 4.47 Å². The van der Waals surface area contributed by atoms with E-state index in [1.54, 1.807) is 11.3 Å². The molecule has 2 aromatic heterocycles. The molecule has 3 aromatic rings. The van der Waals surface area contributed by atoms with Crippen LogP contribution in [0.25, 0.3) is 10.9 Å². The minimum absolute atomic E-state index is 0.212. The molecular weight excluding hydrogens is 434 g/mol. The highest BCUT2D eigenvalue weighted by Crippen LogP contribution is 2.28. The number of halogens is 1. The molecule has 7 nitrogen and oxygen atoms in total. The van der Waals surface area contributed by atoms with E-state index in [0.717, 1.165) is 15.8 Å². The second kappa shape index (κ2) is 8.83. The first-order chi connectivity index (χ1) is 13.0. The van der Waals surface area contributed by atoms with E-state index in [0.29, 0.717) is 17.4 Å². The number of carbonyl (C=O) groups excluding carboxylic acids is 3. The van der Waals surface area contributed by atoms with Crippen LogP contribution in [0.5, 0.6) is 0 Å². The summed E-state index contributed by atoms with van der Waals surface area (Å²) < 4.78 is 5.54. The molecule has 3 rings (SSSR count). The maximum Gasteiger partial charge on any atom is 0.356 e. The first kappa shape index (κ1) is 19.1. The molecule has 0 fully saturated rings. The lowest BCUT2D eigenvalue weighted by atomic mass is 10.2. The van der Waals surface area contributed by atoms with Gasteiger partial charge >= 0.3 is 12.0 Å². The fraction of sp³-hybridized carbons (Fsp3) is 0.167. The van der Waals surface area contributed by atoms with Gasteiger partial charge in [-0.2, -0.15) is 0 Å². The van der Waals surface area contributed by atoms with Gasteiger partial charge in [-0.25, -0.2) is 9.59 Å². The molecule has 0 saturated carbocycles. The monoisotopic (exact) mass is 449 g/mol. The van der Waals surface area contributed by atoms with E-state index in [1.807, 2.05) is 41.8 Å². The molecule has 0 atom stereocenters. The summed E-state index contributed by atoms with van der Waals surface area (Å²) >= 11 is 4.95. The summed E-state index contributed by atoms with van der Waals surface area (Å²) in [6.45, 7) is -0.152. The average molecular weight is 450 g/mol. The molecule has 0 aliphatic rings.